The maximum atomic E-state index is 14.7. The van der Waals surface area contributed by atoms with Crippen molar-refractivity contribution >= 4 is 29.9 Å². The molecule has 2 heterocycles. The number of ether oxygens (including phenoxy) is 2. The van der Waals surface area contributed by atoms with E-state index in [0.717, 1.165) is 27.8 Å². The zero-order chi connectivity index (χ0) is 50.1. The van der Waals surface area contributed by atoms with Crippen molar-refractivity contribution in [2.45, 2.75) is 155 Å². The van der Waals surface area contributed by atoms with Gasteiger partial charge in [-0.2, -0.15) is 5.06 Å². The maximum Gasteiger partial charge on any atom is 0.408 e. The zero-order valence-electron chi connectivity index (χ0n) is 42.2. The summed E-state index contributed by atoms with van der Waals surface area (Å²) in [7, 11) is 0. The molecular formula is C55H76N6O8. The van der Waals surface area contributed by atoms with Crippen LogP contribution in [0.5, 0.6) is 0 Å². The number of hydroxylamine groups is 2. The number of amides is 5. The lowest BCUT2D eigenvalue weighted by Gasteiger charge is -2.51. The van der Waals surface area contributed by atoms with Gasteiger partial charge in [-0.25, -0.2) is 9.59 Å². The van der Waals surface area contributed by atoms with Crippen molar-refractivity contribution in [3.05, 3.63) is 108 Å². The fraction of sp³-hybridized carbons (Fsp3) is 0.545. The second-order valence-electron chi connectivity index (χ2n) is 21.8. The summed E-state index contributed by atoms with van der Waals surface area (Å²) in [5, 5.41) is 24.3. The van der Waals surface area contributed by atoms with Gasteiger partial charge in [0.2, 0.25) is 17.7 Å². The summed E-state index contributed by atoms with van der Waals surface area (Å²) >= 11 is 0. The lowest BCUT2D eigenvalue weighted by Crippen LogP contribution is -2.63. The average Bonchev–Trinajstić information content (AvgIpc) is 3.87. The van der Waals surface area contributed by atoms with Crippen molar-refractivity contribution < 1.29 is 38.7 Å². The van der Waals surface area contributed by atoms with Gasteiger partial charge in [0.05, 0.1) is 12.0 Å². The molecule has 4 atom stereocenters. The predicted octanol–water partition coefficient (Wildman–Crippen LogP) is 8.87. The predicted molar refractivity (Wildman–Crippen MR) is 267 cm³/mol. The number of fused-ring (bicyclic) bond motifs is 3. The number of nitrogens with zero attached hydrogens (tertiary/aromatic N) is 2. The largest absolute Gasteiger partial charge is 0.449 e. The lowest BCUT2D eigenvalue weighted by atomic mass is 9.78. The van der Waals surface area contributed by atoms with Crippen molar-refractivity contribution in [3.8, 4) is 11.1 Å². The van der Waals surface area contributed by atoms with E-state index in [1.165, 1.54) is 5.06 Å². The monoisotopic (exact) mass is 949 g/mol. The normalized spacial score (nSPS) is 19.3. The third-order valence-electron chi connectivity index (χ3n) is 13.4. The number of hydrogen-bond acceptors (Lipinski definition) is 9. The highest BCUT2D eigenvalue weighted by Crippen LogP contribution is 2.44. The Morgan fingerprint density at radius 1 is 0.812 bits per heavy atom. The Hall–Kier alpha value is -5.73. The van der Waals surface area contributed by atoms with Crippen molar-refractivity contribution in [2.75, 3.05) is 19.7 Å². The fourth-order valence-corrected chi connectivity index (χ4v) is 10.4. The third-order valence-corrected chi connectivity index (χ3v) is 13.4. The van der Waals surface area contributed by atoms with Gasteiger partial charge in [-0.1, -0.05) is 105 Å². The van der Waals surface area contributed by atoms with Gasteiger partial charge in [-0.3, -0.25) is 14.4 Å². The molecule has 1 aliphatic carbocycles. The van der Waals surface area contributed by atoms with Crippen molar-refractivity contribution in [3.63, 3.8) is 0 Å². The molecular weight excluding hydrogens is 873 g/mol. The zero-order valence-corrected chi connectivity index (χ0v) is 42.2. The molecule has 2 fully saturated rings. The first-order chi connectivity index (χ1) is 32.6. The van der Waals surface area contributed by atoms with Gasteiger partial charge in [0.1, 0.15) is 24.3 Å². The summed E-state index contributed by atoms with van der Waals surface area (Å²) in [6, 6.07) is 25.3. The Labute approximate surface area is 409 Å². The van der Waals surface area contributed by atoms with Gasteiger partial charge in [0.25, 0.3) is 0 Å². The smallest absolute Gasteiger partial charge is 0.408 e. The Bertz CT molecular complexity index is 2230. The van der Waals surface area contributed by atoms with E-state index in [9.17, 15) is 29.2 Å². The van der Waals surface area contributed by atoms with Gasteiger partial charge >= 0.3 is 12.2 Å². The van der Waals surface area contributed by atoms with Crippen molar-refractivity contribution in [1.82, 2.24) is 31.2 Å². The van der Waals surface area contributed by atoms with Crippen LogP contribution in [0.2, 0.25) is 0 Å². The first-order valence-electron chi connectivity index (χ1n) is 24.8. The van der Waals surface area contributed by atoms with E-state index in [0.29, 0.717) is 51.5 Å². The van der Waals surface area contributed by atoms with Crippen LogP contribution in [-0.4, -0.2) is 99.7 Å². The highest BCUT2D eigenvalue weighted by Gasteiger charge is 2.46. The summed E-state index contributed by atoms with van der Waals surface area (Å²) in [5.74, 6) is -2.75. The van der Waals surface area contributed by atoms with Crippen LogP contribution in [0.4, 0.5) is 9.59 Å². The van der Waals surface area contributed by atoms with Crippen LogP contribution >= 0.6 is 0 Å². The highest BCUT2D eigenvalue weighted by molar-refractivity contribution is 6.00. The second-order valence-corrected chi connectivity index (χ2v) is 21.8. The number of carbonyl (C=O) groups is 5. The first kappa shape index (κ1) is 52.6. The Morgan fingerprint density at radius 3 is 2.01 bits per heavy atom. The topological polar surface area (TPSA) is 179 Å². The molecule has 0 saturated carbocycles. The van der Waals surface area contributed by atoms with Gasteiger partial charge in [0, 0.05) is 36.1 Å². The molecule has 5 N–H and O–H groups in total. The lowest BCUT2D eigenvalue weighted by molar-refractivity contribution is -0.246. The standard InChI is InChI=1S/C55H76N6O8/c1-36(2)31-39(58-52(66)69-53(3,4)5)28-27-38(32-37-19-11-10-12-20-37)50(64)60-30-18-26-47(60)59-49(63)45(48(62)57-40-33-54(6,7)61(67)55(8,9)34-40)25-17-29-56-51(65)68-35-46-43-23-15-13-21-41(43)42-22-14-16-24-44(42)46/h10-16,19-24,27-28,36,38-40,45-47,67H,17-18,25-26,29-35H2,1-9H3,(H,56,65)(H,57,62)(H,58,66)(H,59,63)/b28-27+/t38-,39-,45+,47+/m1/s1. The van der Waals surface area contributed by atoms with Gasteiger partial charge in [-0.15, -0.1) is 0 Å². The Kier molecular flexibility index (Phi) is 17.4. The quantitative estimate of drug-likeness (QED) is 0.0473. The molecule has 0 aromatic heterocycles. The molecule has 3 aromatic carbocycles. The van der Waals surface area contributed by atoms with E-state index in [2.05, 4.69) is 59.4 Å². The van der Waals surface area contributed by atoms with Gasteiger partial charge in [-0.05, 0) is 134 Å². The molecule has 0 unspecified atom stereocenters. The minimum Gasteiger partial charge on any atom is -0.449 e. The third kappa shape index (κ3) is 14.2. The van der Waals surface area contributed by atoms with Crippen LogP contribution in [0.1, 0.15) is 130 Å². The SMILES string of the molecule is CC(C)C[C@@H](/C=C/[C@H](Cc1ccccc1)C(=O)N1CCC[C@H]1NC(=O)[C@@H](CCCNC(=O)OCC1c2ccccc2-c2ccccc21)C(=O)NC1CC(C)(C)N(O)C(C)(C)C1)NC(=O)OC(C)(C)C. The van der Waals surface area contributed by atoms with Crippen LogP contribution in [0.25, 0.3) is 11.1 Å². The second kappa shape index (κ2) is 22.8. The molecule has 3 aromatic rings. The van der Waals surface area contributed by atoms with Crippen LogP contribution in [0.15, 0.2) is 91.0 Å². The number of nitrogens with one attached hydrogen (secondary N) is 4. The van der Waals surface area contributed by atoms with Crippen molar-refractivity contribution in [2.24, 2.45) is 17.8 Å². The summed E-state index contributed by atoms with van der Waals surface area (Å²) < 4.78 is 11.3. The molecule has 0 radical (unpaired) electrons. The number of piperidine rings is 1. The highest BCUT2D eigenvalue weighted by atomic mass is 16.6. The van der Waals surface area contributed by atoms with Crippen molar-refractivity contribution in [1.29, 1.82) is 0 Å². The van der Waals surface area contributed by atoms with E-state index >= 15 is 0 Å². The number of likely N-dealkylation sites (tertiary alicyclic amines) is 1. The van der Waals surface area contributed by atoms with E-state index in [4.69, 9.17) is 9.47 Å². The maximum absolute atomic E-state index is 14.7. The number of rotatable bonds is 18. The van der Waals surface area contributed by atoms with Crippen LogP contribution < -0.4 is 21.3 Å². The van der Waals surface area contributed by atoms with Crippen LogP contribution in [0, 0.1) is 17.8 Å². The molecule has 5 amide bonds. The summed E-state index contributed by atoms with van der Waals surface area (Å²) in [4.78, 5) is 71.2. The van der Waals surface area contributed by atoms with Crippen LogP contribution in [-0.2, 0) is 30.3 Å². The Balaban J connectivity index is 1.14. The number of hydrogen-bond donors (Lipinski definition) is 5. The van der Waals surface area contributed by atoms with Crippen LogP contribution in [0.3, 0.4) is 0 Å². The fourth-order valence-electron chi connectivity index (χ4n) is 10.4. The summed E-state index contributed by atoms with van der Waals surface area (Å²) in [5.41, 5.74) is 3.49. The van der Waals surface area contributed by atoms with E-state index in [1.807, 2.05) is 115 Å². The molecule has 2 saturated heterocycles. The van der Waals surface area contributed by atoms with E-state index in [-0.39, 0.29) is 43.4 Å². The molecule has 0 spiro atoms. The molecule has 6 rings (SSSR count). The number of carbonyl (C=O) groups excluding carboxylic acids is 5. The summed E-state index contributed by atoms with van der Waals surface area (Å²) in [6.45, 7) is 18.0. The minimum absolute atomic E-state index is 0.0952. The first-order valence-corrected chi connectivity index (χ1v) is 24.8. The van der Waals surface area contributed by atoms with E-state index < -0.39 is 64.7 Å². The number of benzene rings is 3. The Morgan fingerprint density at radius 2 is 1.41 bits per heavy atom. The average molecular weight is 949 g/mol. The van der Waals surface area contributed by atoms with Gasteiger partial charge < -0.3 is 40.8 Å². The molecule has 374 valence electrons. The number of alkyl carbamates (subject to hydrolysis) is 2. The molecule has 0 bridgehead atoms. The molecule has 14 nitrogen and oxygen atoms in total. The minimum atomic E-state index is -1.14. The van der Waals surface area contributed by atoms with Gasteiger partial charge in [0.15, 0.2) is 0 Å². The summed E-state index contributed by atoms with van der Waals surface area (Å²) in [6.07, 6.45) is 5.48. The molecule has 2 aliphatic heterocycles. The molecule has 69 heavy (non-hydrogen) atoms. The molecule has 14 heteroatoms. The van der Waals surface area contributed by atoms with E-state index in [1.54, 1.807) is 4.90 Å². The molecule has 3 aliphatic rings.